The number of aryl methyl sites for hydroxylation is 1. The van der Waals surface area contributed by atoms with Crippen molar-refractivity contribution in [2.24, 2.45) is 11.8 Å². The van der Waals surface area contributed by atoms with Crippen LogP contribution in [-0.4, -0.2) is 35.9 Å². The van der Waals surface area contributed by atoms with Crippen molar-refractivity contribution in [3.63, 3.8) is 0 Å². The summed E-state index contributed by atoms with van der Waals surface area (Å²) in [7, 11) is 0. The van der Waals surface area contributed by atoms with Crippen molar-refractivity contribution in [3.05, 3.63) is 16.8 Å². The molecule has 2 fully saturated rings. The highest BCUT2D eigenvalue weighted by Crippen LogP contribution is 2.38. The van der Waals surface area contributed by atoms with E-state index in [1.165, 1.54) is 0 Å². The Labute approximate surface area is 120 Å². The van der Waals surface area contributed by atoms with Gasteiger partial charge in [0.15, 0.2) is 5.82 Å². The van der Waals surface area contributed by atoms with Crippen LogP contribution in [0.4, 0.5) is 5.82 Å². The molecule has 5 nitrogen and oxygen atoms in total. The number of nitrogens with zero attached hydrogens (tertiary/aromatic N) is 4. The number of nitriles is 1. The molecule has 0 aromatic carbocycles. The molecule has 1 N–H and O–H groups in total. The topological polar surface area (TPSA) is 64.8 Å². The molecule has 1 aromatic rings. The molecule has 106 valence electrons. The van der Waals surface area contributed by atoms with Crippen molar-refractivity contribution >= 4 is 5.82 Å². The average molecular weight is 271 g/mol. The monoisotopic (exact) mass is 271 g/mol. The molecule has 1 aromatic heterocycles. The summed E-state index contributed by atoms with van der Waals surface area (Å²) in [5.41, 5.74) is 2.51. The van der Waals surface area contributed by atoms with Crippen molar-refractivity contribution in [2.75, 3.05) is 24.5 Å². The van der Waals surface area contributed by atoms with Crippen LogP contribution in [0.1, 0.15) is 30.2 Å². The van der Waals surface area contributed by atoms with Crippen LogP contribution in [0, 0.1) is 37.0 Å². The minimum atomic E-state index is 0.471. The van der Waals surface area contributed by atoms with Gasteiger partial charge in [0.25, 0.3) is 0 Å². The zero-order chi connectivity index (χ0) is 14.3. The van der Waals surface area contributed by atoms with E-state index in [0.29, 0.717) is 23.4 Å². The van der Waals surface area contributed by atoms with Crippen molar-refractivity contribution < 1.29 is 0 Å². The van der Waals surface area contributed by atoms with E-state index in [2.05, 4.69) is 33.4 Å². The van der Waals surface area contributed by atoms with Crippen LogP contribution in [-0.2, 0) is 0 Å². The first kappa shape index (κ1) is 13.3. The number of fused-ring (bicyclic) bond motifs is 1. The number of hydrogen-bond donors (Lipinski definition) is 1. The maximum atomic E-state index is 9.49. The summed E-state index contributed by atoms with van der Waals surface area (Å²) >= 11 is 0. The molecule has 0 radical (unpaired) electrons. The molecule has 0 amide bonds. The number of aromatic nitrogens is 2. The van der Waals surface area contributed by atoms with E-state index < -0.39 is 0 Å². The maximum absolute atomic E-state index is 9.49. The Balaban J connectivity index is 2.01. The Bertz CT molecular complexity index is 562. The molecular weight excluding hydrogens is 250 g/mol. The van der Waals surface area contributed by atoms with Gasteiger partial charge < -0.3 is 10.2 Å². The predicted molar refractivity (Wildman–Crippen MR) is 77.5 cm³/mol. The molecule has 3 unspecified atom stereocenters. The second-order valence-corrected chi connectivity index (χ2v) is 5.93. The first-order valence-corrected chi connectivity index (χ1v) is 7.38. The fourth-order valence-electron chi connectivity index (χ4n) is 3.72. The largest absolute Gasteiger partial charge is 0.350 e. The van der Waals surface area contributed by atoms with Crippen LogP contribution in [0.2, 0.25) is 0 Å². The normalized spacial score (nSPS) is 28.5. The van der Waals surface area contributed by atoms with Gasteiger partial charge in [-0.2, -0.15) is 10.4 Å². The van der Waals surface area contributed by atoms with Gasteiger partial charge in [-0.05, 0) is 37.7 Å². The second kappa shape index (κ2) is 5.02. The summed E-state index contributed by atoms with van der Waals surface area (Å²) < 4.78 is 0. The highest BCUT2D eigenvalue weighted by Gasteiger charge is 2.44. The number of nitrogens with one attached hydrogen (secondary N) is 1. The van der Waals surface area contributed by atoms with Crippen LogP contribution in [0.25, 0.3) is 0 Å². The van der Waals surface area contributed by atoms with E-state index >= 15 is 0 Å². The summed E-state index contributed by atoms with van der Waals surface area (Å²) in [6, 6.07) is 2.80. The van der Waals surface area contributed by atoms with Crippen LogP contribution in [0.5, 0.6) is 0 Å². The lowest BCUT2D eigenvalue weighted by Gasteiger charge is -2.28. The fraction of sp³-hybridized carbons (Fsp3) is 0.667. The molecule has 2 aliphatic rings. The molecule has 20 heavy (non-hydrogen) atoms. The number of anilines is 1. The van der Waals surface area contributed by atoms with Crippen LogP contribution < -0.4 is 10.2 Å². The Morgan fingerprint density at radius 3 is 2.85 bits per heavy atom. The molecule has 0 aliphatic carbocycles. The van der Waals surface area contributed by atoms with E-state index in [-0.39, 0.29) is 0 Å². The van der Waals surface area contributed by atoms with Gasteiger partial charge in [-0.25, -0.2) is 0 Å². The standard InChI is InChI=1S/C15H21N5/c1-4-14-13-7-17-6-11(13)8-20(14)15-12(5-16)9(2)10(3)18-19-15/h11,13-14,17H,4,6-8H2,1-3H3. The van der Waals surface area contributed by atoms with Crippen LogP contribution in [0.3, 0.4) is 0 Å². The molecular formula is C15H21N5. The Hall–Kier alpha value is -1.67. The molecule has 3 rings (SSSR count). The summed E-state index contributed by atoms with van der Waals surface area (Å²) in [6.07, 6.45) is 1.09. The molecule has 2 aliphatic heterocycles. The Morgan fingerprint density at radius 2 is 2.15 bits per heavy atom. The highest BCUT2D eigenvalue weighted by molar-refractivity contribution is 5.59. The first-order chi connectivity index (χ1) is 9.67. The predicted octanol–water partition coefficient (Wildman–Crippen LogP) is 1.40. The zero-order valence-electron chi connectivity index (χ0n) is 12.3. The maximum Gasteiger partial charge on any atom is 0.169 e. The van der Waals surface area contributed by atoms with Crippen LogP contribution in [0.15, 0.2) is 0 Å². The van der Waals surface area contributed by atoms with E-state index in [1.54, 1.807) is 0 Å². The van der Waals surface area contributed by atoms with E-state index in [0.717, 1.165) is 43.1 Å². The lowest BCUT2D eigenvalue weighted by molar-refractivity contribution is 0.441. The lowest BCUT2D eigenvalue weighted by Crippen LogP contribution is -2.36. The van der Waals surface area contributed by atoms with Gasteiger partial charge in [-0.15, -0.1) is 5.10 Å². The molecule has 5 heteroatoms. The molecule has 2 saturated heterocycles. The smallest absolute Gasteiger partial charge is 0.169 e. The second-order valence-electron chi connectivity index (χ2n) is 5.93. The SMILES string of the molecule is CCC1C2CNCC2CN1c1nnc(C)c(C)c1C#N. The van der Waals surface area contributed by atoms with Gasteiger partial charge in [0.1, 0.15) is 11.6 Å². The third-order valence-electron chi connectivity index (χ3n) is 4.96. The van der Waals surface area contributed by atoms with E-state index in [4.69, 9.17) is 0 Å². The average Bonchev–Trinajstić information content (AvgIpc) is 3.01. The first-order valence-electron chi connectivity index (χ1n) is 7.38. The van der Waals surface area contributed by atoms with Gasteiger partial charge in [-0.1, -0.05) is 6.92 Å². The zero-order valence-corrected chi connectivity index (χ0v) is 12.3. The molecule has 0 bridgehead atoms. The van der Waals surface area contributed by atoms with Gasteiger partial charge in [0, 0.05) is 25.7 Å². The lowest BCUT2D eigenvalue weighted by atomic mass is 9.93. The molecule has 0 saturated carbocycles. The quantitative estimate of drug-likeness (QED) is 0.881. The molecule has 3 heterocycles. The minimum absolute atomic E-state index is 0.471. The van der Waals surface area contributed by atoms with Gasteiger partial charge in [0.2, 0.25) is 0 Å². The van der Waals surface area contributed by atoms with Crippen molar-refractivity contribution in [1.29, 1.82) is 5.26 Å². The Kier molecular flexibility index (Phi) is 3.35. The van der Waals surface area contributed by atoms with Crippen molar-refractivity contribution in [1.82, 2.24) is 15.5 Å². The number of hydrogen-bond acceptors (Lipinski definition) is 5. The molecule has 3 atom stereocenters. The van der Waals surface area contributed by atoms with Crippen LogP contribution >= 0.6 is 0 Å². The van der Waals surface area contributed by atoms with E-state index in [1.807, 2.05) is 13.8 Å². The number of rotatable bonds is 2. The van der Waals surface area contributed by atoms with Gasteiger partial charge >= 0.3 is 0 Å². The molecule has 0 spiro atoms. The summed E-state index contributed by atoms with van der Waals surface area (Å²) in [5, 5.41) is 21.6. The summed E-state index contributed by atoms with van der Waals surface area (Å²) in [5.74, 6) is 2.14. The summed E-state index contributed by atoms with van der Waals surface area (Å²) in [4.78, 5) is 2.33. The highest BCUT2D eigenvalue weighted by atomic mass is 15.3. The fourth-order valence-corrected chi connectivity index (χ4v) is 3.72. The van der Waals surface area contributed by atoms with E-state index in [9.17, 15) is 5.26 Å². The van der Waals surface area contributed by atoms with Crippen molar-refractivity contribution in [2.45, 2.75) is 33.2 Å². The Morgan fingerprint density at radius 1 is 1.35 bits per heavy atom. The summed E-state index contributed by atoms with van der Waals surface area (Å²) in [6.45, 7) is 9.25. The van der Waals surface area contributed by atoms with Crippen molar-refractivity contribution in [3.8, 4) is 6.07 Å². The van der Waals surface area contributed by atoms with Gasteiger partial charge in [0.05, 0.1) is 5.69 Å². The third kappa shape index (κ3) is 1.87. The minimum Gasteiger partial charge on any atom is -0.350 e. The third-order valence-corrected chi connectivity index (χ3v) is 4.96. The van der Waals surface area contributed by atoms with Gasteiger partial charge in [-0.3, -0.25) is 0 Å².